The molecule has 1 aromatic rings. The molecule has 0 atom stereocenters. The SMILES string of the molecule is COc1cc(C)c(S(=O)(=O)NN)cc1OC. The van der Waals surface area contributed by atoms with E-state index in [1.165, 1.54) is 20.3 Å². The molecule has 0 unspecified atom stereocenters. The predicted molar refractivity (Wildman–Crippen MR) is 58.8 cm³/mol. The highest BCUT2D eigenvalue weighted by atomic mass is 32.2. The Bertz CT molecular complexity index is 485. The van der Waals surface area contributed by atoms with E-state index in [-0.39, 0.29) is 4.90 Å². The maximum Gasteiger partial charge on any atom is 0.253 e. The fraction of sp³-hybridized carbons (Fsp3) is 0.333. The highest BCUT2D eigenvalue weighted by molar-refractivity contribution is 7.89. The summed E-state index contributed by atoms with van der Waals surface area (Å²) in [5.41, 5.74) is 0.524. The molecule has 0 aliphatic heterocycles. The summed E-state index contributed by atoms with van der Waals surface area (Å²) in [6.45, 7) is 1.65. The molecule has 0 radical (unpaired) electrons. The average Bonchev–Trinajstić information content (AvgIpc) is 2.28. The summed E-state index contributed by atoms with van der Waals surface area (Å²) in [6.07, 6.45) is 0. The monoisotopic (exact) mass is 246 g/mol. The number of methoxy groups -OCH3 is 2. The zero-order valence-electron chi connectivity index (χ0n) is 9.27. The summed E-state index contributed by atoms with van der Waals surface area (Å²) in [5.74, 6) is 5.76. The third-order valence-electron chi connectivity index (χ3n) is 2.13. The van der Waals surface area contributed by atoms with Gasteiger partial charge in [0.15, 0.2) is 11.5 Å². The Morgan fingerprint density at radius 1 is 1.19 bits per heavy atom. The third kappa shape index (κ3) is 2.26. The molecular weight excluding hydrogens is 232 g/mol. The van der Waals surface area contributed by atoms with Gasteiger partial charge in [-0.25, -0.2) is 8.42 Å². The van der Waals surface area contributed by atoms with Crippen LogP contribution in [0, 0.1) is 6.92 Å². The Morgan fingerprint density at radius 3 is 2.12 bits per heavy atom. The molecule has 1 rings (SSSR count). The van der Waals surface area contributed by atoms with E-state index in [1.54, 1.807) is 17.8 Å². The molecule has 0 aliphatic carbocycles. The highest BCUT2D eigenvalue weighted by Crippen LogP contribution is 2.31. The number of nitrogens with two attached hydrogens (primary N) is 1. The first-order valence-corrected chi connectivity index (χ1v) is 5.89. The smallest absolute Gasteiger partial charge is 0.253 e. The maximum atomic E-state index is 11.6. The summed E-state index contributed by atoms with van der Waals surface area (Å²) in [7, 11) is -0.785. The Balaban J connectivity index is 3.44. The molecule has 0 fully saturated rings. The van der Waals surface area contributed by atoms with Crippen LogP contribution in [0.5, 0.6) is 11.5 Å². The summed E-state index contributed by atoms with van der Waals surface area (Å²) < 4.78 is 33.2. The molecule has 0 spiro atoms. The molecule has 0 heterocycles. The van der Waals surface area contributed by atoms with Crippen molar-refractivity contribution in [2.45, 2.75) is 11.8 Å². The van der Waals surface area contributed by atoms with E-state index in [1.807, 2.05) is 0 Å². The van der Waals surface area contributed by atoms with Crippen molar-refractivity contribution in [3.05, 3.63) is 17.7 Å². The van der Waals surface area contributed by atoms with Crippen LogP contribution in [-0.2, 0) is 10.0 Å². The predicted octanol–water partition coefficient (Wildman–Crippen LogP) is 0.164. The van der Waals surface area contributed by atoms with Crippen molar-refractivity contribution >= 4 is 10.0 Å². The number of rotatable bonds is 4. The molecule has 0 saturated heterocycles. The molecule has 6 nitrogen and oxygen atoms in total. The second kappa shape index (κ2) is 4.69. The topological polar surface area (TPSA) is 90.7 Å². The lowest BCUT2D eigenvalue weighted by Gasteiger charge is -2.12. The van der Waals surface area contributed by atoms with Gasteiger partial charge in [-0.2, -0.15) is 4.83 Å². The number of aryl methyl sites for hydroxylation is 1. The number of sulfonamides is 1. The average molecular weight is 246 g/mol. The lowest BCUT2D eigenvalue weighted by atomic mass is 10.2. The van der Waals surface area contributed by atoms with Crippen molar-refractivity contribution in [2.75, 3.05) is 14.2 Å². The van der Waals surface area contributed by atoms with Gasteiger partial charge in [-0.05, 0) is 18.6 Å². The Morgan fingerprint density at radius 2 is 1.69 bits per heavy atom. The van der Waals surface area contributed by atoms with Crippen molar-refractivity contribution in [3.8, 4) is 11.5 Å². The van der Waals surface area contributed by atoms with Gasteiger partial charge in [-0.3, -0.25) is 5.84 Å². The van der Waals surface area contributed by atoms with Gasteiger partial charge in [0.25, 0.3) is 10.0 Å². The second-order valence-corrected chi connectivity index (χ2v) is 4.78. The van der Waals surface area contributed by atoms with Crippen LogP contribution in [0.4, 0.5) is 0 Å². The van der Waals surface area contributed by atoms with E-state index in [4.69, 9.17) is 15.3 Å². The highest BCUT2D eigenvalue weighted by Gasteiger charge is 2.18. The van der Waals surface area contributed by atoms with Crippen LogP contribution in [0.25, 0.3) is 0 Å². The van der Waals surface area contributed by atoms with Gasteiger partial charge in [0, 0.05) is 6.07 Å². The van der Waals surface area contributed by atoms with E-state index >= 15 is 0 Å². The number of ether oxygens (including phenoxy) is 2. The van der Waals surface area contributed by atoms with E-state index in [9.17, 15) is 8.42 Å². The van der Waals surface area contributed by atoms with Crippen molar-refractivity contribution in [2.24, 2.45) is 5.84 Å². The fourth-order valence-corrected chi connectivity index (χ4v) is 2.19. The van der Waals surface area contributed by atoms with Crippen molar-refractivity contribution < 1.29 is 17.9 Å². The molecule has 7 heteroatoms. The first-order chi connectivity index (χ1) is 7.46. The molecule has 0 aromatic heterocycles. The van der Waals surface area contributed by atoms with Crippen molar-refractivity contribution in [3.63, 3.8) is 0 Å². The van der Waals surface area contributed by atoms with Gasteiger partial charge in [-0.1, -0.05) is 0 Å². The van der Waals surface area contributed by atoms with E-state index in [0.29, 0.717) is 17.1 Å². The zero-order valence-corrected chi connectivity index (χ0v) is 10.1. The minimum Gasteiger partial charge on any atom is -0.493 e. The maximum absolute atomic E-state index is 11.6. The molecule has 16 heavy (non-hydrogen) atoms. The summed E-state index contributed by atoms with van der Waals surface area (Å²) in [4.78, 5) is 1.83. The molecule has 0 amide bonds. The van der Waals surface area contributed by atoms with E-state index in [2.05, 4.69) is 0 Å². The number of benzene rings is 1. The molecule has 0 aliphatic rings. The molecule has 0 saturated carbocycles. The zero-order chi connectivity index (χ0) is 12.3. The van der Waals surface area contributed by atoms with Crippen LogP contribution in [-0.4, -0.2) is 22.6 Å². The number of nitrogens with one attached hydrogen (secondary N) is 1. The summed E-state index contributed by atoms with van der Waals surface area (Å²) >= 11 is 0. The quantitative estimate of drug-likeness (QED) is 0.583. The summed E-state index contributed by atoms with van der Waals surface area (Å²) in [5, 5.41) is 0. The van der Waals surface area contributed by atoms with Gasteiger partial charge in [-0.15, -0.1) is 0 Å². The van der Waals surface area contributed by atoms with Gasteiger partial charge in [0.05, 0.1) is 19.1 Å². The van der Waals surface area contributed by atoms with Crippen LogP contribution in [0.15, 0.2) is 17.0 Å². The van der Waals surface area contributed by atoms with Gasteiger partial charge in [0.2, 0.25) is 0 Å². The number of hydrogen-bond donors (Lipinski definition) is 2. The van der Waals surface area contributed by atoms with Gasteiger partial charge in [0.1, 0.15) is 0 Å². The Kier molecular flexibility index (Phi) is 3.74. The number of hydrogen-bond acceptors (Lipinski definition) is 5. The summed E-state index contributed by atoms with van der Waals surface area (Å²) in [6, 6.07) is 2.94. The van der Waals surface area contributed by atoms with Crippen LogP contribution in [0.3, 0.4) is 0 Å². The van der Waals surface area contributed by atoms with Crippen LogP contribution in [0.1, 0.15) is 5.56 Å². The van der Waals surface area contributed by atoms with Crippen LogP contribution < -0.4 is 20.1 Å². The molecule has 0 bridgehead atoms. The molecule has 1 aromatic carbocycles. The van der Waals surface area contributed by atoms with E-state index < -0.39 is 10.0 Å². The lowest BCUT2D eigenvalue weighted by Crippen LogP contribution is -2.30. The molecule has 90 valence electrons. The standard InChI is InChI=1S/C9H14N2O4S/c1-6-4-7(14-2)8(15-3)5-9(6)16(12,13)11-10/h4-5,11H,10H2,1-3H3. The van der Waals surface area contributed by atoms with Crippen molar-refractivity contribution in [1.82, 2.24) is 4.83 Å². The molecular formula is C9H14N2O4S. The van der Waals surface area contributed by atoms with Crippen molar-refractivity contribution in [1.29, 1.82) is 0 Å². The normalized spacial score (nSPS) is 11.2. The lowest BCUT2D eigenvalue weighted by molar-refractivity contribution is 0.353. The largest absolute Gasteiger partial charge is 0.493 e. The molecule has 3 N–H and O–H groups in total. The van der Waals surface area contributed by atoms with Gasteiger partial charge < -0.3 is 9.47 Å². The minimum atomic E-state index is -3.69. The van der Waals surface area contributed by atoms with Crippen LogP contribution >= 0.6 is 0 Å². The first kappa shape index (κ1) is 12.8. The fourth-order valence-electron chi connectivity index (χ4n) is 1.31. The first-order valence-electron chi connectivity index (χ1n) is 4.41. The Hall–Kier alpha value is -1.31. The van der Waals surface area contributed by atoms with Gasteiger partial charge >= 0.3 is 0 Å². The second-order valence-electron chi connectivity index (χ2n) is 3.09. The van der Waals surface area contributed by atoms with E-state index in [0.717, 1.165) is 0 Å². The minimum absolute atomic E-state index is 0.0626. The van der Waals surface area contributed by atoms with Crippen LogP contribution in [0.2, 0.25) is 0 Å². The Labute approximate surface area is 94.4 Å². The third-order valence-corrected chi connectivity index (χ3v) is 3.45. The number of hydrazine groups is 1.